The first-order chi connectivity index (χ1) is 12.3. The van der Waals surface area contributed by atoms with Gasteiger partial charge < -0.3 is 9.80 Å². The molecular weight excluding hydrogens is 331 g/mol. The van der Waals surface area contributed by atoms with E-state index < -0.39 is 0 Å². The highest BCUT2D eigenvalue weighted by Gasteiger charge is 2.15. The average Bonchev–Trinajstić information content (AvgIpc) is 2.67. The van der Waals surface area contributed by atoms with E-state index in [-0.39, 0.29) is 5.82 Å². The minimum absolute atomic E-state index is 0.158. The summed E-state index contributed by atoms with van der Waals surface area (Å²) in [5.74, 6) is 0.939. The van der Waals surface area contributed by atoms with Crippen LogP contribution in [-0.2, 0) is 6.42 Å². The predicted molar refractivity (Wildman–Crippen MR) is 105 cm³/mol. The van der Waals surface area contributed by atoms with Crippen LogP contribution < -0.4 is 0 Å². The molecule has 0 aliphatic carbocycles. The van der Waals surface area contributed by atoms with Crippen molar-refractivity contribution < 1.29 is 4.39 Å². The summed E-state index contributed by atoms with van der Waals surface area (Å²) in [7, 11) is 0. The summed E-state index contributed by atoms with van der Waals surface area (Å²) in [5, 5.41) is 0. The van der Waals surface area contributed by atoms with E-state index >= 15 is 0 Å². The van der Waals surface area contributed by atoms with Crippen molar-refractivity contribution in [3.63, 3.8) is 0 Å². The van der Waals surface area contributed by atoms with Crippen molar-refractivity contribution in [1.29, 1.82) is 0 Å². The molecule has 25 heavy (non-hydrogen) atoms. The highest BCUT2D eigenvalue weighted by Crippen LogP contribution is 2.19. The molecule has 2 aromatic carbocycles. The maximum absolute atomic E-state index is 12.9. The van der Waals surface area contributed by atoms with Crippen molar-refractivity contribution >= 4 is 11.8 Å². The van der Waals surface area contributed by atoms with Crippen molar-refractivity contribution in [2.45, 2.75) is 17.7 Å². The van der Waals surface area contributed by atoms with Crippen LogP contribution in [0.2, 0.25) is 0 Å². The first-order valence-electron chi connectivity index (χ1n) is 9.16. The summed E-state index contributed by atoms with van der Waals surface area (Å²) in [5.41, 5.74) is 1.43. The van der Waals surface area contributed by atoms with Crippen molar-refractivity contribution in [2.75, 3.05) is 45.0 Å². The van der Waals surface area contributed by atoms with Crippen molar-refractivity contribution in [1.82, 2.24) is 9.80 Å². The first-order valence-corrected chi connectivity index (χ1v) is 10.2. The third-order valence-electron chi connectivity index (χ3n) is 4.73. The molecule has 0 saturated carbocycles. The molecule has 0 N–H and O–H groups in total. The van der Waals surface area contributed by atoms with Gasteiger partial charge in [0.15, 0.2) is 0 Å². The van der Waals surface area contributed by atoms with E-state index in [0.29, 0.717) is 0 Å². The number of hydrogen-bond donors (Lipinski definition) is 0. The Morgan fingerprint density at radius 1 is 0.800 bits per heavy atom. The summed E-state index contributed by atoms with van der Waals surface area (Å²) in [6, 6.07) is 17.6. The van der Waals surface area contributed by atoms with Gasteiger partial charge in [0.2, 0.25) is 0 Å². The zero-order valence-corrected chi connectivity index (χ0v) is 15.6. The van der Waals surface area contributed by atoms with E-state index in [1.807, 2.05) is 23.9 Å². The van der Waals surface area contributed by atoms with E-state index in [4.69, 9.17) is 0 Å². The third kappa shape index (κ3) is 6.46. The lowest BCUT2D eigenvalue weighted by atomic mass is 10.1. The van der Waals surface area contributed by atoms with Gasteiger partial charge in [-0.1, -0.05) is 30.3 Å². The fraction of sp³-hybridized carbons (Fsp3) is 0.429. The molecule has 0 unspecified atom stereocenters. The lowest BCUT2D eigenvalue weighted by Crippen LogP contribution is -2.47. The Labute approximate surface area is 155 Å². The van der Waals surface area contributed by atoms with Crippen LogP contribution in [0, 0.1) is 5.82 Å². The molecule has 1 aliphatic rings. The largest absolute Gasteiger partial charge is 0.301 e. The molecule has 134 valence electrons. The van der Waals surface area contributed by atoms with Gasteiger partial charge in [0, 0.05) is 37.6 Å². The topological polar surface area (TPSA) is 6.48 Å². The minimum atomic E-state index is -0.158. The average molecular weight is 359 g/mol. The number of thioether (sulfide) groups is 1. The molecule has 0 atom stereocenters. The summed E-state index contributed by atoms with van der Waals surface area (Å²) in [6.07, 6.45) is 2.33. The Bertz CT molecular complexity index is 610. The van der Waals surface area contributed by atoms with Gasteiger partial charge >= 0.3 is 0 Å². The standard InChI is InChI=1S/C21H27FN2S/c22-20-7-9-21(10-8-20)25-18-4-12-23-14-16-24(17-15-23)13-11-19-5-2-1-3-6-19/h1-3,5-10H,4,11-18H2. The van der Waals surface area contributed by atoms with Gasteiger partial charge in [0.25, 0.3) is 0 Å². The SMILES string of the molecule is Fc1ccc(SCCCN2CCN(CCc3ccccc3)CC2)cc1. The third-order valence-corrected chi connectivity index (χ3v) is 5.82. The van der Waals surface area contributed by atoms with Gasteiger partial charge in [-0.2, -0.15) is 0 Å². The molecular formula is C21H27FN2S. The zero-order valence-electron chi connectivity index (χ0n) is 14.7. The Kier molecular flexibility index (Phi) is 7.34. The second-order valence-corrected chi connectivity index (χ2v) is 7.74. The van der Waals surface area contributed by atoms with Crippen LogP contribution in [0.15, 0.2) is 59.5 Å². The van der Waals surface area contributed by atoms with Crippen molar-refractivity contribution in [2.24, 2.45) is 0 Å². The van der Waals surface area contributed by atoms with Gasteiger partial charge in [0.1, 0.15) is 5.82 Å². The zero-order chi connectivity index (χ0) is 17.3. The summed E-state index contributed by atoms with van der Waals surface area (Å²) < 4.78 is 12.9. The van der Waals surface area contributed by atoms with Crippen LogP contribution in [0.25, 0.3) is 0 Å². The van der Waals surface area contributed by atoms with Gasteiger partial charge in [-0.3, -0.25) is 0 Å². The maximum Gasteiger partial charge on any atom is 0.123 e. The molecule has 0 aromatic heterocycles. The molecule has 0 radical (unpaired) electrons. The Hall–Kier alpha value is -1.36. The Morgan fingerprint density at radius 2 is 1.44 bits per heavy atom. The smallest absolute Gasteiger partial charge is 0.123 e. The highest BCUT2D eigenvalue weighted by atomic mass is 32.2. The first kappa shape index (κ1) is 18.4. The van der Waals surface area contributed by atoms with E-state index in [1.165, 1.54) is 56.8 Å². The normalized spacial score (nSPS) is 16.2. The highest BCUT2D eigenvalue weighted by molar-refractivity contribution is 7.99. The molecule has 4 heteroatoms. The minimum Gasteiger partial charge on any atom is -0.301 e. The molecule has 0 bridgehead atoms. The summed E-state index contributed by atoms with van der Waals surface area (Å²) >= 11 is 1.82. The fourth-order valence-corrected chi connectivity index (χ4v) is 4.02. The number of nitrogens with zero attached hydrogens (tertiary/aromatic N) is 2. The lowest BCUT2D eigenvalue weighted by molar-refractivity contribution is 0.134. The number of piperazine rings is 1. The van der Waals surface area contributed by atoms with E-state index in [0.717, 1.165) is 23.6 Å². The second kappa shape index (κ2) is 9.95. The Morgan fingerprint density at radius 3 is 2.12 bits per heavy atom. The van der Waals surface area contributed by atoms with Crippen LogP contribution in [0.5, 0.6) is 0 Å². The molecule has 2 aromatic rings. The summed E-state index contributed by atoms with van der Waals surface area (Å²) in [4.78, 5) is 6.31. The van der Waals surface area contributed by atoms with Crippen LogP contribution in [0.1, 0.15) is 12.0 Å². The predicted octanol–water partition coefficient (Wildman–Crippen LogP) is 4.17. The quantitative estimate of drug-likeness (QED) is 0.517. The fourth-order valence-electron chi connectivity index (χ4n) is 3.18. The van der Waals surface area contributed by atoms with E-state index in [2.05, 4.69) is 40.1 Å². The molecule has 3 rings (SSSR count). The Balaban J connectivity index is 1.27. The van der Waals surface area contributed by atoms with Crippen LogP contribution in [-0.4, -0.2) is 54.8 Å². The molecule has 0 amide bonds. The maximum atomic E-state index is 12.9. The molecule has 1 saturated heterocycles. The van der Waals surface area contributed by atoms with Crippen molar-refractivity contribution in [3.05, 3.63) is 66.0 Å². The van der Waals surface area contributed by atoms with E-state index in [1.54, 1.807) is 0 Å². The number of rotatable bonds is 8. The molecule has 0 spiro atoms. The number of hydrogen-bond acceptors (Lipinski definition) is 3. The van der Waals surface area contributed by atoms with Gasteiger partial charge in [-0.15, -0.1) is 11.8 Å². The van der Waals surface area contributed by atoms with Crippen LogP contribution >= 0.6 is 11.8 Å². The molecule has 2 nitrogen and oxygen atoms in total. The molecule has 1 heterocycles. The van der Waals surface area contributed by atoms with Crippen molar-refractivity contribution in [3.8, 4) is 0 Å². The number of halogens is 1. The van der Waals surface area contributed by atoms with Gasteiger partial charge in [-0.25, -0.2) is 4.39 Å². The van der Waals surface area contributed by atoms with Gasteiger partial charge in [0.05, 0.1) is 0 Å². The molecule has 1 fully saturated rings. The van der Waals surface area contributed by atoms with Gasteiger partial charge in [-0.05, 0) is 55.0 Å². The molecule has 1 aliphatic heterocycles. The van der Waals surface area contributed by atoms with Crippen LogP contribution in [0.3, 0.4) is 0 Å². The number of benzene rings is 2. The summed E-state index contributed by atoms with van der Waals surface area (Å²) in [6.45, 7) is 7.04. The van der Waals surface area contributed by atoms with E-state index in [9.17, 15) is 4.39 Å². The monoisotopic (exact) mass is 358 g/mol. The van der Waals surface area contributed by atoms with Crippen LogP contribution in [0.4, 0.5) is 4.39 Å². The lowest BCUT2D eigenvalue weighted by Gasteiger charge is -2.34. The second-order valence-electron chi connectivity index (χ2n) is 6.57.